The van der Waals surface area contributed by atoms with Gasteiger partial charge >= 0.3 is 6.03 Å². The largest absolute Gasteiger partial charge is 0.342 e. The lowest BCUT2D eigenvalue weighted by Gasteiger charge is -2.43. The van der Waals surface area contributed by atoms with Crippen molar-refractivity contribution >= 4 is 11.9 Å². The first kappa shape index (κ1) is 15.6. The molecule has 1 spiro atoms. The monoisotopic (exact) mass is 307 g/mol. The maximum absolute atomic E-state index is 12.7. The van der Waals surface area contributed by atoms with Gasteiger partial charge in [0.25, 0.3) is 0 Å². The Kier molecular flexibility index (Phi) is 4.33. The highest BCUT2D eigenvalue weighted by molar-refractivity contribution is 5.79. The topological polar surface area (TPSA) is 52.7 Å². The third-order valence-electron chi connectivity index (χ3n) is 6.17. The predicted octanol–water partition coefficient (Wildman–Crippen LogP) is 2.22. The zero-order chi connectivity index (χ0) is 15.7. The summed E-state index contributed by atoms with van der Waals surface area (Å²) in [6, 6.07) is 0.0226. The van der Waals surface area contributed by atoms with Crippen molar-refractivity contribution < 1.29 is 9.59 Å². The van der Waals surface area contributed by atoms with Crippen molar-refractivity contribution in [3.8, 4) is 0 Å². The molecule has 1 N–H and O–H groups in total. The van der Waals surface area contributed by atoms with Crippen LogP contribution in [0.4, 0.5) is 4.79 Å². The molecule has 1 saturated carbocycles. The Labute approximate surface area is 133 Å². The van der Waals surface area contributed by atoms with Gasteiger partial charge in [-0.1, -0.05) is 32.6 Å². The van der Waals surface area contributed by atoms with Crippen molar-refractivity contribution in [2.75, 3.05) is 26.7 Å². The summed E-state index contributed by atoms with van der Waals surface area (Å²) in [6.45, 7) is 4.39. The van der Waals surface area contributed by atoms with E-state index < -0.39 is 0 Å². The maximum Gasteiger partial charge on any atom is 0.317 e. The molecule has 3 fully saturated rings. The van der Waals surface area contributed by atoms with Crippen LogP contribution < -0.4 is 5.32 Å². The molecule has 1 aliphatic carbocycles. The van der Waals surface area contributed by atoms with E-state index in [-0.39, 0.29) is 17.5 Å². The Bertz CT molecular complexity index is 437. The van der Waals surface area contributed by atoms with E-state index in [2.05, 4.69) is 12.2 Å². The minimum atomic E-state index is -0.0669. The van der Waals surface area contributed by atoms with Crippen LogP contribution in [-0.2, 0) is 4.79 Å². The number of nitrogens with one attached hydrogen (secondary N) is 1. The minimum Gasteiger partial charge on any atom is -0.342 e. The van der Waals surface area contributed by atoms with Gasteiger partial charge < -0.3 is 15.1 Å². The fraction of sp³-hybridized carbons (Fsp3) is 0.882. The summed E-state index contributed by atoms with van der Waals surface area (Å²) in [4.78, 5) is 28.2. The van der Waals surface area contributed by atoms with Crippen molar-refractivity contribution in [3.05, 3.63) is 0 Å². The van der Waals surface area contributed by atoms with Gasteiger partial charge in [0.1, 0.15) is 0 Å². The lowest BCUT2D eigenvalue weighted by atomic mass is 9.86. The number of piperidine rings is 1. The molecule has 22 heavy (non-hydrogen) atoms. The van der Waals surface area contributed by atoms with Gasteiger partial charge in [-0.15, -0.1) is 0 Å². The standard InChI is InChI=1S/C17H29N3O2/c1-13(11-14-5-3-4-6-14)15(21)20-9-7-17(8-10-20)12-18-16(22)19(17)2/h13-14H,3-12H2,1-2H3,(H,18,22)/t13-/m0/s1. The summed E-state index contributed by atoms with van der Waals surface area (Å²) in [5, 5.41) is 2.93. The summed E-state index contributed by atoms with van der Waals surface area (Å²) in [5.41, 5.74) is -0.0669. The third-order valence-corrected chi connectivity index (χ3v) is 6.17. The molecular formula is C17H29N3O2. The van der Waals surface area contributed by atoms with Crippen molar-refractivity contribution in [1.82, 2.24) is 15.1 Å². The van der Waals surface area contributed by atoms with Crippen LogP contribution in [0.25, 0.3) is 0 Å². The second-order valence-electron chi connectivity index (χ2n) is 7.55. The van der Waals surface area contributed by atoms with Gasteiger partial charge in [0.2, 0.25) is 5.91 Å². The molecule has 3 aliphatic rings. The Morgan fingerprint density at radius 2 is 1.95 bits per heavy atom. The number of likely N-dealkylation sites (tertiary alicyclic amines) is 1. The van der Waals surface area contributed by atoms with Gasteiger partial charge in [-0.3, -0.25) is 4.79 Å². The Hall–Kier alpha value is -1.26. The molecule has 5 nitrogen and oxygen atoms in total. The second kappa shape index (κ2) is 6.09. The Morgan fingerprint density at radius 3 is 2.50 bits per heavy atom. The number of amides is 3. The molecular weight excluding hydrogens is 278 g/mol. The average molecular weight is 307 g/mol. The summed E-state index contributed by atoms with van der Waals surface area (Å²) in [7, 11) is 1.88. The van der Waals surface area contributed by atoms with Crippen LogP contribution >= 0.6 is 0 Å². The van der Waals surface area contributed by atoms with Gasteiger partial charge in [0, 0.05) is 32.6 Å². The summed E-state index contributed by atoms with van der Waals surface area (Å²) >= 11 is 0. The SMILES string of the molecule is C[C@@H](CC1CCCC1)C(=O)N1CCC2(CC1)CNC(=O)N2C. The van der Waals surface area contributed by atoms with Gasteiger partial charge in [0.15, 0.2) is 0 Å². The van der Waals surface area contributed by atoms with Crippen molar-refractivity contribution in [2.45, 2.75) is 57.4 Å². The van der Waals surface area contributed by atoms with Crippen LogP contribution in [0.1, 0.15) is 51.9 Å². The molecule has 3 amide bonds. The van der Waals surface area contributed by atoms with E-state index in [4.69, 9.17) is 0 Å². The third kappa shape index (κ3) is 2.82. The molecule has 0 aromatic carbocycles. The normalized spacial score (nSPS) is 26.5. The first-order valence-electron chi connectivity index (χ1n) is 8.82. The predicted molar refractivity (Wildman–Crippen MR) is 85.4 cm³/mol. The smallest absolute Gasteiger partial charge is 0.317 e. The highest BCUT2D eigenvalue weighted by Gasteiger charge is 2.45. The van der Waals surface area contributed by atoms with E-state index in [1.54, 1.807) is 0 Å². The zero-order valence-corrected chi connectivity index (χ0v) is 13.9. The van der Waals surface area contributed by atoms with Gasteiger partial charge in [-0.05, 0) is 25.2 Å². The average Bonchev–Trinajstić information content (AvgIpc) is 3.12. The molecule has 2 saturated heterocycles. The van der Waals surface area contributed by atoms with E-state index in [1.807, 2.05) is 16.8 Å². The lowest BCUT2D eigenvalue weighted by Crippen LogP contribution is -2.54. The number of likely N-dealkylation sites (N-methyl/N-ethyl adjacent to an activating group) is 1. The Morgan fingerprint density at radius 1 is 1.32 bits per heavy atom. The molecule has 0 unspecified atom stereocenters. The Balaban J connectivity index is 1.52. The molecule has 3 rings (SSSR count). The van der Waals surface area contributed by atoms with Crippen LogP contribution in [-0.4, -0.2) is 54.0 Å². The number of rotatable bonds is 3. The summed E-state index contributed by atoms with van der Waals surface area (Å²) in [6.07, 6.45) is 8.13. The van der Waals surface area contributed by atoms with Gasteiger partial charge in [-0.25, -0.2) is 4.79 Å². The summed E-state index contributed by atoms with van der Waals surface area (Å²) in [5.74, 6) is 1.23. The van der Waals surface area contributed by atoms with Crippen LogP contribution in [0.3, 0.4) is 0 Å². The van der Waals surface area contributed by atoms with Crippen LogP contribution in [0.2, 0.25) is 0 Å². The van der Waals surface area contributed by atoms with Crippen LogP contribution in [0.15, 0.2) is 0 Å². The van der Waals surface area contributed by atoms with E-state index >= 15 is 0 Å². The first-order valence-corrected chi connectivity index (χ1v) is 8.82. The number of nitrogens with zero attached hydrogens (tertiary/aromatic N) is 2. The van der Waals surface area contributed by atoms with Crippen LogP contribution in [0, 0.1) is 11.8 Å². The molecule has 0 radical (unpaired) electrons. The highest BCUT2D eigenvalue weighted by atomic mass is 16.2. The molecule has 0 aromatic heterocycles. The molecule has 5 heteroatoms. The van der Waals surface area contributed by atoms with Crippen LogP contribution in [0.5, 0.6) is 0 Å². The maximum atomic E-state index is 12.7. The summed E-state index contributed by atoms with van der Waals surface area (Å²) < 4.78 is 0. The minimum absolute atomic E-state index is 0.0226. The van der Waals surface area contributed by atoms with E-state index in [9.17, 15) is 9.59 Å². The number of urea groups is 1. The van der Waals surface area contributed by atoms with Crippen molar-refractivity contribution in [2.24, 2.45) is 11.8 Å². The molecule has 2 heterocycles. The zero-order valence-electron chi connectivity index (χ0n) is 13.9. The molecule has 124 valence electrons. The first-order chi connectivity index (χ1) is 10.5. The number of hydrogen-bond donors (Lipinski definition) is 1. The van der Waals surface area contributed by atoms with Crippen molar-refractivity contribution in [1.29, 1.82) is 0 Å². The quantitative estimate of drug-likeness (QED) is 0.869. The highest BCUT2D eigenvalue weighted by Crippen LogP contribution is 2.33. The molecule has 0 bridgehead atoms. The van der Waals surface area contributed by atoms with E-state index in [0.717, 1.165) is 44.8 Å². The van der Waals surface area contributed by atoms with E-state index in [0.29, 0.717) is 5.91 Å². The fourth-order valence-electron chi connectivity index (χ4n) is 4.51. The molecule has 1 atom stereocenters. The van der Waals surface area contributed by atoms with Crippen molar-refractivity contribution in [3.63, 3.8) is 0 Å². The number of hydrogen-bond acceptors (Lipinski definition) is 2. The molecule has 0 aromatic rings. The lowest BCUT2D eigenvalue weighted by molar-refractivity contribution is -0.137. The van der Waals surface area contributed by atoms with E-state index in [1.165, 1.54) is 25.7 Å². The van der Waals surface area contributed by atoms with Gasteiger partial charge in [-0.2, -0.15) is 0 Å². The second-order valence-corrected chi connectivity index (χ2v) is 7.55. The number of carbonyl (C=O) groups excluding carboxylic acids is 2. The number of carbonyl (C=O) groups is 2. The van der Waals surface area contributed by atoms with Gasteiger partial charge in [0.05, 0.1) is 5.54 Å². The molecule has 2 aliphatic heterocycles. The fourth-order valence-corrected chi connectivity index (χ4v) is 4.51.